The van der Waals surface area contributed by atoms with Gasteiger partial charge in [-0.25, -0.2) is 4.98 Å². The molecule has 4 nitrogen and oxygen atoms in total. The van der Waals surface area contributed by atoms with Crippen molar-refractivity contribution in [2.45, 2.75) is 45.6 Å². The van der Waals surface area contributed by atoms with Gasteiger partial charge < -0.3 is 10.5 Å². The number of unbranched alkanes of at least 4 members (excludes halogenated alkanes) is 1. The Balaban J connectivity index is 1.61. The van der Waals surface area contributed by atoms with E-state index < -0.39 is 0 Å². The Labute approximate surface area is 151 Å². The molecule has 1 saturated heterocycles. The van der Waals surface area contributed by atoms with Crippen molar-refractivity contribution in [3.8, 4) is 5.75 Å². The van der Waals surface area contributed by atoms with Crippen LogP contribution in [0.4, 0.5) is 5.82 Å². The van der Waals surface area contributed by atoms with Crippen LogP contribution in [0.1, 0.15) is 49.4 Å². The molecule has 1 aromatic heterocycles. The predicted molar refractivity (Wildman–Crippen MR) is 103 cm³/mol. The van der Waals surface area contributed by atoms with Gasteiger partial charge in [0.1, 0.15) is 11.6 Å². The van der Waals surface area contributed by atoms with Crippen molar-refractivity contribution in [3.05, 3.63) is 53.2 Å². The summed E-state index contributed by atoms with van der Waals surface area (Å²) < 4.78 is 5.77. The number of likely N-dealkylation sites (tertiary alicyclic amines) is 1. The van der Waals surface area contributed by atoms with Gasteiger partial charge in [-0.2, -0.15) is 0 Å². The van der Waals surface area contributed by atoms with Gasteiger partial charge in [0.15, 0.2) is 0 Å². The second kappa shape index (κ2) is 8.86. The second-order valence-electron chi connectivity index (χ2n) is 6.90. The van der Waals surface area contributed by atoms with Gasteiger partial charge in [-0.3, -0.25) is 4.90 Å². The number of hydrogen-bond donors (Lipinski definition) is 1. The monoisotopic (exact) mass is 339 g/mol. The van der Waals surface area contributed by atoms with Crippen LogP contribution in [-0.4, -0.2) is 29.6 Å². The minimum absolute atomic E-state index is 0.523. The number of nitrogen functional groups attached to an aromatic ring is 1. The van der Waals surface area contributed by atoms with Crippen molar-refractivity contribution in [1.82, 2.24) is 9.88 Å². The van der Waals surface area contributed by atoms with E-state index in [9.17, 15) is 0 Å². The van der Waals surface area contributed by atoms with Gasteiger partial charge in [0.05, 0.1) is 12.3 Å². The zero-order chi connectivity index (χ0) is 17.5. The van der Waals surface area contributed by atoms with E-state index in [1.165, 1.54) is 37.1 Å². The highest BCUT2D eigenvalue weighted by atomic mass is 16.5. The molecule has 0 amide bonds. The number of benzene rings is 1. The Morgan fingerprint density at radius 3 is 2.52 bits per heavy atom. The van der Waals surface area contributed by atoms with E-state index in [0.29, 0.717) is 5.82 Å². The summed E-state index contributed by atoms with van der Waals surface area (Å²) in [5.41, 5.74) is 9.53. The fourth-order valence-electron chi connectivity index (χ4n) is 3.26. The molecule has 0 aliphatic carbocycles. The van der Waals surface area contributed by atoms with E-state index in [4.69, 9.17) is 10.5 Å². The Morgan fingerprint density at radius 1 is 1.08 bits per heavy atom. The maximum atomic E-state index is 5.94. The lowest BCUT2D eigenvalue weighted by molar-refractivity contribution is 0.309. The van der Waals surface area contributed by atoms with Crippen molar-refractivity contribution >= 4 is 5.82 Å². The van der Waals surface area contributed by atoms with Gasteiger partial charge in [-0.05, 0) is 43.5 Å². The molecule has 0 spiro atoms. The number of ether oxygens (including phenoxy) is 1. The SMILES string of the molecule is CCCCOc1cc(N)nc(Cc2ccc(CN3CCCC3)cc2)c1. The molecule has 4 heteroatoms. The Kier molecular flexibility index (Phi) is 6.29. The quantitative estimate of drug-likeness (QED) is 0.738. The molecule has 0 unspecified atom stereocenters. The molecule has 0 bridgehead atoms. The first-order chi connectivity index (χ1) is 12.2. The molecule has 1 aliphatic heterocycles. The first kappa shape index (κ1) is 17.7. The molecule has 134 valence electrons. The van der Waals surface area contributed by atoms with Crippen molar-refractivity contribution in [3.63, 3.8) is 0 Å². The molecule has 2 heterocycles. The number of anilines is 1. The lowest BCUT2D eigenvalue weighted by Gasteiger charge is -2.14. The fourth-order valence-corrected chi connectivity index (χ4v) is 3.26. The van der Waals surface area contributed by atoms with Gasteiger partial charge in [0.2, 0.25) is 0 Å². The zero-order valence-electron chi connectivity index (χ0n) is 15.2. The van der Waals surface area contributed by atoms with E-state index >= 15 is 0 Å². The predicted octanol–water partition coefficient (Wildman–Crippen LogP) is 4.03. The topological polar surface area (TPSA) is 51.4 Å². The van der Waals surface area contributed by atoms with E-state index in [1.54, 1.807) is 6.07 Å². The minimum atomic E-state index is 0.523. The first-order valence-corrected chi connectivity index (χ1v) is 9.42. The van der Waals surface area contributed by atoms with Crippen LogP contribution in [0.25, 0.3) is 0 Å². The van der Waals surface area contributed by atoms with Crippen LogP contribution in [0.3, 0.4) is 0 Å². The third kappa shape index (κ3) is 5.46. The lowest BCUT2D eigenvalue weighted by atomic mass is 10.1. The molecule has 0 radical (unpaired) electrons. The van der Waals surface area contributed by atoms with Gasteiger partial charge in [-0.15, -0.1) is 0 Å². The summed E-state index contributed by atoms with van der Waals surface area (Å²) in [4.78, 5) is 6.97. The van der Waals surface area contributed by atoms with Gasteiger partial charge in [0.25, 0.3) is 0 Å². The van der Waals surface area contributed by atoms with Crippen LogP contribution in [0, 0.1) is 0 Å². The molecule has 1 aromatic carbocycles. The number of rotatable bonds is 8. The maximum Gasteiger partial charge on any atom is 0.127 e. The highest BCUT2D eigenvalue weighted by Gasteiger charge is 2.11. The minimum Gasteiger partial charge on any atom is -0.493 e. The van der Waals surface area contributed by atoms with Crippen LogP contribution in [0.2, 0.25) is 0 Å². The number of nitrogens with two attached hydrogens (primary N) is 1. The number of aromatic nitrogens is 1. The molecule has 0 saturated carbocycles. The van der Waals surface area contributed by atoms with E-state index in [-0.39, 0.29) is 0 Å². The molecule has 25 heavy (non-hydrogen) atoms. The second-order valence-corrected chi connectivity index (χ2v) is 6.90. The number of pyridine rings is 1. The van der Waals surface area contributed by atoms with Crippen LogP contribution in [0.5, 0.6) is 5.75 Å². The summed E-state index contributed by atoms with van der Waals surface area (Å²) >= 11 is 0. The summed E-state index contributed by atoms with van der Waals surface area (Å²) in [6.07, 6.45) is 5.62. The highest BCUT2D eigenvalue weighted by Crippen LogP contribution is 2.19. The van der Waals surface area contributed by atoms with Crippen LogP contribution in [-0.2, 0) is 13.0 Å². The van der Waals surface area contributed by atoms with Crippen molar-refractivity contribution in [2.75, 3.05) is 25.4 Å². The Hall–Kier alpha value is -2.07. The van der Waals surface area contributed by atoms with Crippen molar-refractivity contribution in [1.29, 1.82) is 0 Å². The largest absolute Gasteiger partial charge is 0.493 e. The molecule has 2 N–H and O–H groups in total. The normalized spacial score (nSPS) is 14.8. The molecule has 0 atom stereocenters. The van der Waals surface area contributed by atoms with E-state index in [1.807, 2.05) is 6.07 Å². The average molecular weight is 339 g/mol. The molecular weight excluding hydrogens is 310 g/mol. The third-order valence-corrected chi connectivity index (χ3v) is 4.65. The molecule has 1 aliphatic rings. The summed E-state index contributed by atoms with van der Waals surface area (Å²) in [5.74, 6) is 1.34. The maximum absolute atomic E-state index is 5.94. The summed E-state index contributed by atoms with van der Waals surface area (Å²) in [5, 5.41) is 0. The lowest BCUT2D eigenvalue weighted by Crippen LogP contribution is -2.18. The van der Waals surface area contributed by atoms with Crippen LogP contribution in [0.15, 0.2) is 36.4 Å². The first-order valence-electron chi connectivity index (χ1n) is 9.42. The van der Waals surface area contributed by atoms with Crippen molar-refractivity contribution in [2.24, 2.45) is 0 Å². The van der Waals surface area contributed by atoms with E-state index in [0.717, 1.165) is 43.9 Å². The van der Waals surface area contributed by atoms with Gasteiger partial charge in [0, 0.05) is 25.1 Å². The summed E-state index contributed by atoms with van der Waals surface area (Å²) in [6.45, 7) is 6.41. The van der Waals surface area contributed by atoms with Crippen LogP contribution >= 0.6 is 0 Å². The molecule has 1 fully saturated rings. The Morgan fingerprint density at radius 2 is 1.80 bits per heavy atom. The number of nitrogens with zero attached hydrogens (tertiary/aromatic N) is 2. The third-order valence-electron chi connectivity index (χ3n) is 4.65. The Bertz CT molecular complexity index is 663. The van der Waals surface area contributed by atoms with Gasteiger partial charge in [-0.1, -0.05) is 37.6 Å². The highest BCUT2D eigenvalue weighted by molar-refractivity contribution is 5.40. The van der Waals surface area contributed by atoms with Crippen LogP contribution < -0.4 is 10.5 Å². The standard InChI is InChI=1S/C21H29N3O/c1-2-3-12-25-20-14-19(23-21(22)15-20)13-17-6-8-18(9-7-17)16-24-10-4-5-11-24/h6-9,14-15H,2-5,10-13,16H2,1H3,(H2,22,23). The zero-order valence-corrected chi connectivity index (χ0v) is 15.2. The summed E-state index contributed by atoms with van der Waals surface area (Å²) in [6, 6.07) is 12.7. The average Bonchev–Trinajstić information content (AvgIpc) is 3.09. The molecule has 2 aromatic rings. The van der Waals surface area contributed by atoms with E-state index in [2.05, 4.69) is 41.1 Å². The molecule has 3 rings (SSSR count). The van der Waals surface area contributed by atoms with Crippen molar-refractivity contribution < 1.29 is 4.74 Å². The summed E-state index contributed by atoms with van der Waals surface area (Å²) in [7, 11) is 0. The molecular formula is C21H29N3O. The number of hydrogen-bond acceptors (Lipinski definition) is 4. The fraction of sp³-hybridized carbons (Fsp3) is 0.476. The smallest absolute Gasteiger partial charge is 0.127 e. The van der Waals surface area contributed by atoms with Gasteiger partial charge >= 0.3 is 0 Å².